The zero-order valence-corrected chi connectivity index (χ0v) is 12.2. The van der Waals surface area contributed by atoms with Gasteiger partial charge in [0.1, 0.15) is 5.75 Å². The van der Waals surface area contributed by atoms with Crippen LogP contribution in [0.5, 0.6) is 5.75 Å². The number of phenols is 1. The second kappa shape index (κ2) is 6.81. The highest BCUT2D eigenvalue weighted by molar-refractivity contribution is 6.31. The number of carbonyl (C=O) groups is 1. The highest BCUT2D eigenvalue weighted by atomic mass is 35.5. The standard InChI is InChI=1S/C16H15ClN2O2/c1-11-2-4-12(5-3-11)8-9-18-16(21)19-14-10-13(17)6-7-15(14)20/h2-10,20H,1H3,(H2,18,19,21)/b9-8+. The Hall–Kier alpha value is -2.46. The minimum Gasteiger partial charge on any atom is -0.506 e. The summed E-state index contributed by atoms with van der Waals surface area (Å²) >= 11 is 5.80. The van der Waals surface area contributed by atoms with E-state index in [0.717, 1.165) is 5.56 Å². The van der Waals surface area contributed by atoms with Gasteiger partial charge in [-0.15, -0.1) is 0 Å². The molecule has 0 aliphatic rings. The van der Waals surface area contributed by atoms with Crippen molar-refractivity contribution >= 4 is 29.4 Å². The Morgan fingerprint density at radius 3 is 2.62 bits per heavy atom. The molecule has 0 aliphatic heterocycles. The lowest BCUT2D eigenvalue weighted by atomic mass is 10.1. The number of benzene rings is 2. The van der Waals surface area contributed by atoms with Crippen LogP contribution in [0.3, 0.4) is 0 Å². The van der Waals surface area contributed by atoms with E-state index in [4.69, 9.17) is 11.6 Å². The fraction of sp³-hybridized carbons (Fsp3) is 0.0625. The van der Waals surface area contributed by atoms with Crippen molar-refractivity contribution < 1.29 is 9.90 Å². The van der Waals surface area contributed by atoms with Gasteiger partial charge < -0.3 is 15.7 Å². The molecule has 4 nitrogen and oxygen atoms in total. The van der Waals surface area contributed by atoms with Crippen molar-refractivity contribution in [3.63, 3.8) is 0 Å². The number of aromatic hydroxyl groups is 1. The van der Waals surface area contributed by atoms with E-state index >= 15 is 0 Å². The van der Waals surface area contributed by atoms with Gasteiger partial charge in [0.05, 0.1) is 5.69 Å². The van der Waals surface area contributed by atoms with Crippen LogP contribution in [-0.4, -0.2) is 11.1 Å². The summed E-state index contributed by atoms with van der Waals surface area (Å²) in [5, 5.41) is 15.1. The highest BCUT2D eigenvalue weighted by Crippen LogP contribution is 2.26. The van der Waals surface area contributed by atoms with Gasteiger partial charge in [-0.25, -0.2) is 4.79 Å². The first-order valence-electron chi connectivity index (χ1n) is 6.34. The largest absolute Gasteiger partial charge is 0.506 e. The molecule has 5 heteroatoms. The molecule has 2 amide bonds. The molecule has 0 unspecified atom stereocenters. The first-order valence-corrected chi connectivity index (χ1v) is 6.71. The number of phenolic OH excluding ortho intramolecular Hbond substituents is 1. The van der Waals surface area contributed by atoms with Gasteiger partial charge in [0.2, 0.25) is 0 Å². The topological polar surface area (TPSA) is 61.4 Å². The number of rotatable bonds is 3. The van der Waals surface area contributed by atoms with Gasteiger partial charge in [0, 0.05) is 11.2 Å². The van der Waals surface area contributed by atoms with Gasteiger partial charge >= 0.3 is 6.03 Å². The van der Waals surface area contributed by atoms with Crippen LogP contribution >= 0.6 is 11.6 Å². The van der Waals surface area contributed by atoms with E-state index in [9.17, 15) is 9.90 Å². The average Bonchev–Trinajstić information content (AvgIpc) is 2.45. The third-order valence-corrected chi connectivity index (χ3v) is 3.01. The third kappa shape index (κ3) is 4.54. The van der Waals surface area contributed by atoms with Crippen LogP contribution in [0.15, 0.2) is 48.7 Å². The monoisotopic (exact) mass is 302 g/mol. The van der Waals surface area contributed by atoms with Crippen molar-refractivity contribution in [3.05, 3.63) is 64.8 Å². The van der Waals surface area contributed by atoms with E-state index in [0.29, 0.717) is 5.02 Å². The van der Waals surface area contributed by atoms with Crippen molar-refractivity contribution in [3.8, 4) is 5.75 Å². The highest BCUT2D eigenvalue weighted by Gasteiger charge is 2.05. The fourth-order valence-electron chi connectivity index (χ4n) is 1.66. The fourth-order valence-corrected chi connectivity index (χ4v) is 1.83. The van der Waals surface area contributed by atoms with Crippen LogP contribution in [0.2, 0.25) is 5.02 Å². The zero-order valence-electron chi connectivity index (χ0n) is 11.4. The molecule has 21 heavy (non-hydrogen) atoms. The van der Waals surface area contributed by atoms with Crippen LogP contribution < -0.4 is 10.6 Å². The first-order chi connectivity index (χ1) is 10.0. The molecule has 3 N–H and O–H groups in total. The molecule has 2 aromatic rings. The van der Waals surface area contributed by atoms with Gasteiger partial charge in [0.15, 0.2) is 0 Å². The van der Waals surface area contributed by atoms with Gasteiger partial charge in [-0.1, -0.05) is 41.4 Å². The van der Waals surface area contributed by atoms with Gasteiger partial charge in [-0.05, 0) is 36.8 Å². The Balaban J connectivity index is 1.93. The van der Waals surface area contributed by atoms with E-state index in [2.05, 4.69) is 10.6 Å². The summed E-state index contributed by atoms with van der Waals surface area (Å²) < 4.78 is 0. The van der Waals surface area contributed by atoms with E-state index in [1.54, 1.807) is 6.08 Å². The van der Waals surface area contributed by atoms with Crippen molar-refractivity contribution in [2.24, 2.45) is 0 Å². The number of nitrogens with one attached hydrogen (secondary N) is 2. The lowest BCUT2D eigenvalue weighted by Crippen LogP contribution is -2.23. The van der Waals surface area contributed by atoms with Gasteiger partial charge in [0.25, 0.3) is 0 Å². The Bertz CT molecular complexity index is 666. The quantitative estimate of drug-likeness (QED) is 0.746. The Morgan fingerprint density at radius 1 is 1.19 bits per heavy atom. The number of hydrogen-bond acceptors (Lipinski definition) is 2. The molecule has 0 fully saturated rings. The van der Waals surface area contributed by atoms with Crippen LogP contribution in [0.25, 0.3) is 6.08 Å². The molecule has 0 saturated heterocycles. The summed E-state index contributed by atoms with van der Waals surface area (Å²) in [7, 11) is 0. The minimum atomic E-state index is -0.462. The molecule has 2 aromatic carbocycles. The summed E-state index contributed by atoms with van der Waals surface area (Å²) in [6, 6.07) is 11.9. The molecule has 0 saturated carbocycles. The maximum Gasteiger partial charge on any atom is 0.323 e. The number of aryl methyl sites for hydroxylation is 1. The van der Waals surface area contributed by atoms with Crippen molar-refractivity contribution in [2.75, 3.05) is 5.32 Å². The normalized spacial score (nSPS) is 10.6. The third-order valence-electron chi connectivity index (χ3n) is 2.77. The lowest BCUT2D eigenvalue weighted by molar-refractivity contribution is 0.255. The second-order valence-corrected chi connectivity index (χ2v) is 4.94. The summed E-state index contributed by atoms with van der Waals surface area (Å²) in [4.78, 5) is 11.7. The van der Waals surface area contributed by atoms with Crippen LogP contribution in [0.4, 0.5) is 10.5 Å². The number of halogens is 1. The number of carbonyl (C=O) groups excluding carboxylic acids is 1. The Kier molecular flexibility index (Phi) is 4.85. The SMILES string of the molecule is Cc1ccc(/C=C/NC(=O)Nc2cc(Cl)ccc2O)cc1. The van der Waals surface area contributed by atoms with Crippen molar-refractivity contribution in [2.45, 2.75) is 6.92 Å². The molecule has 0 heterocycles. The van der Waals surface area contributed by atoms with E-state index in [-0.39, 0.29) is 11.4 Å². The molecular weight excluding hydrogens is 288 g/mol. The zero-order chi connectivity index (χ0) is 15.2. The van der Waals surface area contributed by atoms with Gasteiger partial charge in [-0.2, -0.15) is 0 Å². The number of anilines is 1. The molecule has 2 rings (SSSR count). The average molecular weight is 303 g/mol. The van der Waals surface area contributed by atoms with Gasteiger partial charge in [-0.3, -0.25) is 0 Å². The second-order valence-electron chi connectivity index (χ2n) is 4.50. The number of urea groups is 1. The van der Waals surface area contributed by atoms with Crippen LogP contribution in [0.1, 0.15) is 11.1 Å². The summed E-state index contributed by atoms with van der Waals surface area (Å²) in [5.74, 6) is -0.0444. The van der Waals surface area contributed by atoms with Crippen LogP contribution in [0, 0.1) is 6.92 Å². The Morgan fingerprint density at radius 2 is 1.90 bits per heavy atom. The summed E-state index contributed by atoms with van der Waals surface area (Å²) in [6.45, 7) is 2.01. The van der Waals surface area contributed by atoms with Crippen molar-refractivity contribution in [1.29, 1.82) is 0 Å². The maximum atomic E-state index is 11.7. The molecule has 0 bridgehead atoms. The molecule has 108 valence electrons. The van der Waals surface area contributed by atoms with E-state index in [1.807, 2.05) is 31.2 Å². The smallest absolute Gasteiger partial charge is 0.323 e. The van der Waals surface area contributed by atoms with E-state index in [1.165, 1.54) is 30.0 Å². The summed E-state index contributed by atoms with van der Waals surface area (Å²) in [6.07, 6.45) is 3.30. The van der Waals surface area contributed by atoms with E-state index < -0.39 is 6.03 Å². The predicted molar refractivity (Wildman–Crippen MR) is 85.5 cm³/mol. The lowest BCUT2D eigenvalue weighted by Gasteiger charge is -2.07. The number of amides is 2. The molecule has 0 aliphatic carbocycles. The molecule has 0 spiro atoms. The molecule has 0 aromatic heterocycles. The molecular formula is C16H15ClN2O2. The summed E-state index contributed by atoms with van der Waals surface area (Å²) in [5.41, 5.74) is 2.41. The first kappa shape index (κ1) is 14.9. The van der Waals surface area contributed by atoms with Crippen LogP contribution in [-0.2, 0) is 0 Å². The molecule has 0 radical (unpaired) electrons. The maximum absolute atomic E-state index is 11.7. The Labute approximate surface area is 128 Å². The number of hydrogen-bond donors (Lipinski definition) is 3. The predicted octanol–water partition coefficient (Wildman–Crippen LogP) is 4.15. The van der Waals surface area contributed by atoms with Crippen molar-refractivity contribution in [1.82, 2.24) is 5.32 Å². The minimum absolute atomic E-state index is 0.0444. The molecule has 0 atom stereocenters.